The minimum atomic E-state index is -0.107. The van der Waals surface area contributed by atoms with E-state index in [1.807, 2.05) is 97.9 Å². The highest BCUT2D eigenvalue weighted by Gasteiger charge is 2.26. The molecule has 2 heterocycles. The number of hydrogen-bond donors (Lipinski definition) is 2. The highest BCUT2D eigenvalue weighted by atomic mass is 16.1. The number of carbonyl (C=O) groups excluding carboxylic acids is 1. The monoisotopic (exact) mass is 517 g/mol. The third kappa shape index (κ3) is 5.10. The molecule has 0 spiro atoms. The lowest BCUT2D eigenvalue weighted by Crippen LogP contribution is -2.40. The van der Waals surface area contributed by atoms with Crippen molar-refractivity contribution in [1.82, 2.24) is 25.5 Å². The van der Waals surface area contributed by atoms with Crippen LogP contribution in [0.3, 0.4) is 0 Å². The van der Waals surface area contributed by atoms with Gasteiger partial charge in [-0.15, -0.1) is 10.2 Å². The number of benzene rings is 3. The highest BCUT2D eigenvalue weighted by molar-refractivity contribution is 6.10. The van der Waals surface area contributed by atoms with Crippen molar-refractivity contribution in [3.8, 4) is 11.3 Å². The van der Waals surface area contributed by atoms with E-state index in [2.05, 4.69) is 20.8 Å². The largest absolute Gasteiger partial charge is 0.362 e. The second-order valence-corrected chi connectivity index (χ2v) is 10.3. The van der Waals surface area contributed by atoms with Crippen molar-refractivity contribution < 1.29 is 4.79 Å². The molecule has 1 amide bonds. The fraction of sp³-hybridized carbons (Fsp3) is 0.258. The molecule has 1 saturated carbocycles. The zero-order valence-corrected chi connectivity index (χ0v) is 22.1. The van der Waals surface area contributed by atoms with E-state index in [0.29, 0.717) is 22.7 Å². The van der Waals surface area contributed by atoms with E-state index >= 15 is 0 Å². The zero-order chi connectivity index (χ0) is 26.8. The molecule has 1 fully saturated rings. The number of carbonyl (C=O) groups is 1. The van der Waals surface area contributed by atoms with E-state index in [1.54, 1.807) is 0 Å². The van der Waals surface area contributed by atoms with Crippen molar-refractivity contribution in [1.29, 1.82) is 0 Å². The Bertz CT molecular complexity index is 1630. The number of para-hydroxylation sites is 1. The lowest BCUT2D eigenvalue weighted by atomic mass is 9.90. The molecule has 0 radical (unpaired) electrons. The second kappa shape index (κ2) is 10.6. The first kappa shape index (κ1) is 24.7. The number of rotatable bonds is 6. The van der Waals surface area contributed by atoms with E-state index < -0.39 is 0 Å². The van der Waals surface area contributed by atoms with Gasteiger partial charge in [0.25, 0.3) is 5.91 Å². The Morgan fingerprint density at radius 1 is 0.744 bits per heavy atom. The quantitative estimate of drug-likeness (QED) is 0.309. The molecule has 3 aromatic carbocycles. The Hall–Kier alpha value is -4.59. The normalized spacial score (nSPS) is 17.2. The van der Waals surface area contributed by atoms with Crippen molar-refractivity contribution >= 4 is 39.5 Å². The summed E-state index contributed by atoms with van der Waals surface area (Å²) in [5, 5.41) is 17.5. The van der Waals surface area contributed by atoms with Crippen LogP contribution in [-0.4, -0.2) is 52.3 Å². The van der Waals surface area contributed by atoms with Crippen molar-refractivity contribution in [3.63, 3.8) is 0 Å². The van der Waals surface area contributed by atoms with Gasteiger partial charge in [0.2, 0.25) is 5.95 Å². The molecule has 6 rings (SSSR count). The SMILES string of the molecule is CN(C)c1nc(N[C@H]2CC[C@@H](NC(=O)c3c(-c4ccccc4)nnc4ccccc34)CC2)nc2ccccc12. The Morgan fingerprint density at radius 3 is 2.13 bits per heavy atom. The van der Waals surface area contributed by atoms with Gasteiger partial charge in [-0.25, -0.2) is 4.98 Å². The summed E-state index contributed by atoms with van der Waals surface area (Å²) in [6.45, 7) is 0. The lowest BCUT2D eigenvalue weighted by molar-refractivity contribution is 0.0928. The maximum atomic E-state index is 13.7. The summed E-state index contributed by atoms with van der Waals surface area (Å²) in [5.41, 5.74) is 3.69. The maximum Gasteiger partial charge on any atom is 0.254 e. The van der Waals surface area contributed by atoms with E-state index in [4.69, 9.17) is 9.97 Å². The second-order valence-electron chi connectivity index (χ2n) is 10.3. The van der Waals surface area contributed by atoms with Crippen LogP contribution >= 0.6 is 0 Å². The van der Waals surface area contributed by atoms with Crippen LogP contribution in [0.4, 0.5) is 11.8 Å². The van der Waals surface area contributed by atoms with E-state index in [9.17, 15) is 4.79 Å². The molecule has 8 heteroatoms. The van der Waals surface area contributed by atoms with Crippen molar-refractivity contribution in [2.75, 3.05) is 24.3 Å². The molecule has 0 atom stereocenters. The maximum absolute atomic E-state index is 13.7. The van der Waals surface area contributed by atoms with Crippen molar-refractivity contribution in [3.05, 3.63) is 84.4 Å². The Balaban J connectivity index is 1.17. The molecule has 2 aromatic heterocycles. The molecule has 196 valence electrons. The molecular formula is C31H31N7O. The van der Waals surface area contributed by atoms with Crippen molar-refractivity contribution in [2.45, 2.75) is 37.8 Å². The van der Waals surface area contributed by atoms with Gasteiger partial charge < -0.3 is 15.5 Å². The van der Waals surface area contributed by atoms with Crippen LogP contribution < -0.4 is 15.5 Å². The summed E-state index contributed by atoms with van der Waals surface area (Å²) in [4.78, 5) is 25.3. The van der Waals surface area contributed by atoms with Crippen LogP contribution in [0.2, 0.25) is 0 Å². The summed E-state index contributed by atoms with van der Waals surface area (Å²) < 4.78 is 0. The lowest BCUT2D eigenvalue weighted by Gasteiger charge is -2.30. The Kier molecular flexibility index (Phi) is 6.75. The summed E-state index contributed by atoms with van der Waals surface area (Å²) in [6, 6.07) is 25.9. The molecule has 0 bridgehead atoms. The minimum absolute atomic E-state index is 0.0842. The molecule has 8 nitrogen and oxygen atoms in total. The summed E-state index contributed by atoms with van der Waals surface area (Å²) in [6.07, 6.45) is 3.57. The number of nitrogens with zero attached hydrogens (tertiary/aromatic N) is 5. The number of nitrogens with one attached hydrogen (secondary N) is 2. The number of fused-ring (bicyclic) bond motifs is 2. The molecular weight excluding hydrogens is 486 g/mol. The number of anilines is 2. The first-order chi connectivity index (χ1) is 19.1. The molecule has 39 heavy (non-hydrogen) atoms. The average molecular weight is 518 g/mol. The highest BCUT2D eigenvalue weighted by Crippen LogP contribution is 2.29. The topological polar surface area (TPSA) is 95.9 Å². The fourth-order valence-corrected chi connectivity index (χ4v) is 5.37. The summed E-state index contributed by atoms with van der Waals surface area (Å²) in [7, 11) is 3.99. The molecule has 0 saturated heterocycles. The average Bonchev–Trinajstić information content (AvgIpc) is 2.97. The Morgan fingerprint density at radius 2 is 1.38 bits per heavy atom. The van der Waals surface area contributed by atoms with Crippen LogP contribution in [0.25, 0.3) is 33.1 Å². The number of amides is 1. The van der Waals surface area contributed by atoms with E-state index in [1.165, 1.54) is 0 Å². The predicted molar refractivity (Wildman–Crippen MR) is 156 cm³/mol. The van der Waals surface area contributed by atoms with Gasteiger partial charge >= 0.3 is 0 Å². The molecule has 5 aromatic rings. The van der Waals surface area contributed by atoms with E-state index in [0.717, 1.165) is 53.4 Å². The number of aromatic nitrogens is 4. The van der Waals surface area contributed by atoms with Gasteiger partial charge in [0, 0.05) is 42.5 Å². The molecule has 1 aliphatic rings. The van der Waals surface area contributed by atoms with Crippen LogP contribution in [-0.2, 0) is 0 Å². The van der Waals surface area contributed by atoms with Gasteiger partial charge in [0.1, 0.15) is 11.5 Å². The van der Waals surface area contributed by atoms with E-state index in [-0.39, 0.29) is 18.0 Å². The molecule has 2 N–H and O–H groups in total. The van der Waals surface area contributed by atoms with Crippen LogP contribution in [0, 0.1) is 0 Å². The van der Waals surface area contributed by atoms with Gasteiger partial charge in [0.15, 0.2) is 0 Å². The first-order valence-corrected chi connectivity index (χ1v) is 13.4. The third-order valence-corrected chi connectivity index (χ3v) is 7.34. The van der Waals surface area contributed by atoms with Gasteiger partial charge in [-0.05, 0) is 43.9 Å². The van der Waals surface area contributed by atoms with Gasteiger partial charge in [-0.1, -0.05) is 60.7 Å². The van der Waals surface area contributed by atoms with Crippen LogP contribution in [0.15, 0.2) is 78.9 Å². The zero-order valence-electron chi connectivity index (χ0n) is 22.1. The van der Waals surface area contributed by atoms with Crippen LogP contribution in [0.1, 0.15) is 36.0 Å². The van der Waals surface area contributed by atoms with Gasteiger partial charge in [-0.2, -0.15) is 4.98 Å². The smallest absolute Gasteiger partial charge is 0.254 e. The standard InChI is InChI=1S/C31H31N7O/c1-38(2)29-24-13-7-8-14-25(24)34-31(35-29)33-22-18-16-21(17-19-22)32-30(39)27-23-12-6-9-15-26(23)36-37-28(27)20-10-4-3-5-11-20/h3-15,21-22H,16-19H2,1-2H3,(H,32,39)(H,33,34,35)/t21-,22+. The molecule has 0 aliphatic heterocycles. The minimum Gasteiger partial charge on any atom is -0.362 e. The van der Waals surface area contributed by atoms with Gasteiger partial charge in [0.05, 0.1) is 16.6 Å². The fourth-order valence-electron chi connectivity index (χ4n) is 5.37. The molecule has 1 aliphatic carbocycles. The first-order valence-electron chi connectivity index (χ1n) is 13.4. The van der Waals surface area contributed by atoms with Gasteiger partial charge in [-0.3, -0.25) is 4.79 Å². The summed E-state index contributed by atoms with van der Waals surface area (Å²) >= 11 is 0. The summed E-state index contributed by atoms with van der Waals surface area (Å²) in [5.74, 6) is 1.44. The van der Waals surface area contributed by atoms with Crippen LogP contribution in [0.5, 0.6) is 0 Å². The predicted octanol–water partition coefficient (Wildman–Crippen LogP) is 5.46. The molecule has 0 unspecified atom stereocenters. The third-order valence-electron chi connectivity index (χ3n) is 7.34. The van der Waals surface area contributed by atoms with Crippen molar-refractivity contribution in [2.24, 2.45) is 0 Å². The Labute approximate surface area is 227 Å². The number of hydrogen-bond acceptors (Lipinski definition) is 7.